The minimum absolute atomic E-state index is 0.224. The lowest BCUT2D eigenvalue weighted by molar-refractivity contribution is -0.401. The van der Waals surface area contributed by atoms with Crippen molar-refractivity contribution >= 4 is 33.3 Å². The average Bonchev–Trinajstić information content (AvgIpc) is 2.97. The number of hydrogen-bond acceptors (Lipinski definition) is 7. The van der Waals surface area contributed by atoms with E-state index >= 15 is 0 Å². The number of nitrogens with zero attached hydrogens (tertiary/aromatic N) is 3. The molecule has 0 amide bonds. The molecule has 0 fully saturated rings. The zero-order chi connectivity index (χ0) is 12.7. The first-order chi connectivity index (χ1) is 8.65. The van der Waals surface area contributed by atoms with Crippen LogP contribution in [0.3, 0.4) is 0 Å². The van der Waals surface area contributed by atoms with E-state index in [4.69, 9.17) is 10.2 Å². The van der Waals surface area contributed by atoms with Crippen LogP contribution in [0.4, 0.5) is 11.7 Å². The van der Waals surface area contributed by atoms with Gasteiger partial charge >= 0.3 is 5.88 Å². The van der Waals surface area contributed by atoms with E-state index in [2.05, 4.69) is 9.97 Å². The number of aromatic nitrogens is 2. The summed E-state index contributed by atoms with van der Waals surface area (Å²) in [6.45, 7) is 0. The van der Waals surface area contributed by atoms with Crippen molar-refractivity contribution in [3.05, 3.63) is 33.7 Å². The van der Waals surface area contributed by atoms with E-state index in [9.17, 15) is 10.1 Å². The zero-order valence-corrected chi connectivity index (χ0v) is 9.68. The van der Waals surface area contributed by atoms with Gasteiger partial charge in [-0.1, -0.05) is 0 Å². The van der Waals surface area contributed by atoms with Crippen molar-refractivity contribution in [3.63, 3.8) is 0 Å². The Morgan fingerprint density at radius 1 is 1.33 bits per heavy atom. The SMILES string of the molecule is Nc1nc(-c2ccc([N+](=O)[O-])o2)nc2ccsc12. The maximum absolute atomic E-state index is 10.5. The Kier molecular flexibility index (Phi) is 2.23. The van der Waals surface area contributed by atoms with E-state index in [1.165, 1.54) is 23.5 Å². The molecule has 0 aliphatic rings. The Morgan fingerprint density at radius 3 is 2.89 bits per heavy atom. The van der Waals surface area contributed by atoms with Gasteiger partial charge in [0.2, 0.25) is 0 Å². The highest BCUT2D eigenvalue weighted by Crippen LogP contribution is 2.29. The van der Waals surface area contributed by atoms with E-state index in [0.717, 1.165) is 4.70 Å². The van der Waals surface area contributed by atoms with E-state index in [1.54, 1.807) is 6.07 Å². The van der Waals surface area contributed by atoms with Crippen LogP contribution in [0.2, 0.25) is 0 Å². The third-order valence-electron chi connectivity index (χ3n) is 2.32. The van der Waals surface area contributed by atoms with Crippen LogP contribution in [0.1, 0.15) is 0 Å². The van der Waals surface area contributed by atoms with Crippen LogP contribution in [0, 0.1) is 10.1 Å². The quantitative estimate of drug-likeness (QED) is 0.561. The summed E-state index contributed by atoms with van der Waals surface area (Å²) in [7, 11) is 0. The lowest BCUT2D eigenvalue weighted by Gasteiger charge is -1.98. The largest absolute Gasteiger partial charge is 0.433 e. The minimum atomic E-state index is -0.615. The highest BCUT2D eigenvalue weighted by Gasteiger charge is 2.16. The molecular weight excluding hydrogens is 256 g/mol. The van der Waals surface area contributed by atoms with Gasteiger partial charge in [-0.15, -0.1) is 11.3 Å². The first-order valence-electron chi connectivity index (χ1n) is 4.90. The fourth-order valence-electron chi connectivity index (χ4n) is 1.54. The van der Waals surface area contributed by atoms with Gasteiger partial charge in [-0.3, -0.25) is 10.1 Å². The van der Waals surface area contributed by atoms with Gasteiger partial charge < -0.3 is 10.2 Å². The number of nitro groups is 1. The topological polar surface area (TPSA) is 108 Å². The van der Waals surface area contributed by atoms with Gasteiger partial charge in [0.15, 0.2) is 11.6 Å². The third kappa shape index (κ3) is 1.59. The molecule has 90 valence electrons. The molecule has 7 nitrogen and oxygen atoms in total. The Bertz CT molecular complexity index is 749. The Hall–Kier alpha value is -2.48. The molecule has 0 bridgehead atoms. The highest BCUT2D eigenvalue weighted by molar-refractivity contribution is 7.17. The van der Waals surface area contributed by atoms with E-state index in [1.807, 2.05) is 5.38 Å². The van der Waals surface area contributed by atoms with Gasteiger partial charge in [0, 0.05) is 0 Å². The summed E-state index contributed by atoms with van der Waals surface area (Å²) in [5.41, 5.74) is 6.49. The smallest absolute Gasteiger partial charge is 0.397 e. The molecule has 18 heavy (non-hydrogen) atoms. The molecular formula is C10H6N4O3S. The summed E-state index contributed by atoms with van der Waals surface area (Å²) >= 11 is 1.44. The van der Waals surface area contributed by atoms with E-state index in [0.29, 0.717) is 11.3 Å². The molecule has 3 heterocycles. The number of anilines is 1. The first kappa shape index (κ1) is 10.7. The molecule has 2 N–H and O–H groups in total. The average molecular weight is 262 g/mol. The van der Waals surface area contributed by atoms with Crippen LogP contribution >= 0.6 is 11.3 Å². The van der Waals surface area contributed by atoms with Gasteiger partial charge in [0.05, 0.1) is 16.3 Å². The molecule has 3 rings (SSSR count). The van der Waals surface area contributed by atoms with Crippen molar-refractivity contribution in [2.75, 3.05) is 5.73 Å². The molecule has 0 saturated heterocycles. The zero-order valence-electron chi connectivity index (χ0n) is 8.86. The summed E-state index contributed by atoms with van der Waals surface area (Å²) < 4.78 is 5.83. The molecule has 0 radical (unpaired) electrons. The summed E-state index contributed by atoms with van der Waals surface area (Å²) in [6, 6.07) is 4.51. The second-order valence-corrected chi connectivity index (χ2v) is 4.38. The minimum Gasteiger partial charge on any atom is -0.397 e. The monoisotopic (exact) mass is 262 g/mol. The van der Waals surface area contributed by atoms with Crippen LogP contribution in [0.25, 0.3) is 21.8 Å². The van der Waals surface area contributed by atoms with Crippen LogP contribution in [0.15, 0.2) is 28.0 Å². The maximum atomic E-state index is 10.5. The van der Waals surface area contributed by atoms with Gasteiger partial charge in [-0.2, -0.15) is 0 Å². The third-order valence-corrected chi connectivity index (χ3v) is 3.25. The molecule has 8 heteroatoms. The number of nitrogen functional groups attached to an aromatic ring is 1. The molecule has 0 aromatic carbocycles. The maximum Gasteiger partial charge on any atom is 0.433 e. The fraction of sp³-hybridized carbons (Fsp3) is 0. The Balaban J connectivity index is 2.15. The van der Waals surface area contributed by atoms with E-state index < -0.39 is 4.92 Å². The predicted octanol–water partition coefficient (Wildman–Crippen LogP) is 2.44. The normalized spacial score (nSPS) is 10.9. The van der Waals surface area contributed by atoms with Crippen molar-refractivity contribution in [1.29, 1.82) is 0 Å². The second-order valence-electron chi connectivity index (χ2n) is 3.46. The van der Waals surface area contributed by atoms with Gasteiger partial charge in [0.1, 0.15) is 10.7 Å². The first-order valence-corrected chi connectivity index (χ1v) is 5.78. The number of hydrogen-bond donors (Lipinski definition) is 1. The summed E-state index contributed by atoms with van der Waals surface area (Å²) in [5, 5.41) is 12.4. The number of furan rings is 1. The van der Waals surface area contributed by atoms with Gasteiger partial charge in [-0.25, -0.2) is 9.97 Å². The van der Waals surface area contributed by atoms with Gasteiger partial charge in [-0.05, 0) is 17.5 Å². The number of fused-ring (bicyclic) bond motifs is 1. The number of nitrogens with two attached hydrogens (primary N) is 1. The lowest BCUT2D eigenvalue weighted by atomic mass is 10.4. The summed E-state index contributed by atoms with van der Waals surface area (Å²) in [4.78, 5) is 18.2. The number of rotatable bonds is 2. The molecule has 0 saturated carbocycles. The molecule has 0 aliphatic heterocycles. The molecule has 0 spiro atoms. The molecule has 0 atom stereocenters. The standard InChI is InChI=1S/C10H6N4O3S/c11-9-8-5(3-4-18-8)12-10(13-9)6-1-2-7(17-6)14(15)16/h1-4H,(H2,11,12,13). The van der Waals surface area contributed by atoms with Crippen LogP contribution in [-0.4, -0.2) is 14.9 Å². The van der Waals surface area contributed by atoms with Crippen molar-refractivity contribution < 1.29 is 9.34 Å². The van der Waals surface area contributed by atoms with Crippen molar-refractivity contribution in [1.82, 2.24) is 9.97 Å². The molecule has 3 aromatic rings. The van der Waals surface area contributed by atoms with Crippen molar-refractivity contribution in [2.24, 2.45) is 0 Å². The molecule has 0 aliphatic carbocycles. The second kappa shape index (κ2) is 3.77. The fourth-order valence-corrected chi connectivity index (χ4v) is 2.28. The van der Waals surface area contributed by atoms with Crippen LogP contribution in [0.5, 0.6) is 0 Å². The number of thiophene rings is 1. The Labute approximate surface area is 104 Å². The summed E-state index contributed by atoms with van der Waals surface area (Å²) in [6.07, 6.45) is 0. The summed E-state index contributed by atoms with van der Waals surface area (Å²) in [5.74, 6) is 0.453. The van der Waals surface area contributed by atoms with E-state index in [-0.39, 0.29) is 17.5 Å². The lowest BCUT2D eigenvalue weighted by Crippen LogP contribution is -1.95. The van der Waals surface area contributed by atoms with Gasteiger partial charge in [0.25, 0.3) is 0 Å². The molecule has 3 aromatic heterocycles. The Morgan fingerprint density at radius 2 is 2.17 bits per heavy atom. The van der Waals surface area contributed by atoms with Crippen molar-refractivity contribution in [2.45, 2.75) is 0 Å². The highest BCUT2D eigenvalue weighted by atomic mass is 32.1. The molecule has 0 unspecified atom stereocenters. The van der Waals surface area contributed by atoms with Crippen LogP contribution in [-0.2, 0) is 0 Å². The van der Waals surface area contributed by atoms with Crippen LogP contribution < -0.4 is 5.73 Å². The van der Waals surface area contributed by atoms with Crippen molar-refractivity contribution in [3.8, 4) is 11.6 Å². The predicted molar refractivity (Wildman–Crippen MR) is 66.2 cm³/mol.